The van der Waals surface area contributed by atoms with Crippen LogP contribution in [0.5, 0.6) is 5.75 Å². The molecule has 1 aromatic carbocycles. The third kappa shape index (κ3) is 5.72. The van der Waals surface area contributed by atoms with Crippen molar-refractivity contribution in [1.82, 2.24) is 0 Å². The Labute approximate surface area is 133 Å². The van der Waals surface area contributed by atoms with E-state index in [1.54, 1.807) is 20.8 Å². The molecule has 23 heavy (non-hydrogen) atoms. The van der Waals surface area contributed by atoms with Gasteiger partial charge in [0.25, 0.3) is 0 Å². The molecule has 0 aromatic heterocycles. The zero-order chi connectivity index (χ0) is 18.0. The van der Waals surface area contributed by atoms with Crippen molar-refractivity contribution in [3.8, 4) is 5.75 Å². The van der Waals surface area contributed by atoms with E-state index in [1.165, 1.54) is 0 Å². The van der Waals surface area contributed by atoms with E-state index in [4.69, 9.17) is 5.14 Å². The lowest BCUT2D eigenvalue weighted by molar-refractivity contribution is -0.153. The Hall–Kier alpha value is -1.22. The maximum absolute atomic E-state index is 14.0. The maximum atomic E-state index is 14.0. The zero-order valence-electron chi connectivity index (χ0n) is 12.8. The summed E-state index contributed by atoms with van der Waals surface area (Å²) in [5, 5.41) is 5.35. The summed E-state index contributed by atoms with van der Waals surface area (Å²) in [5.41, 5.74) is -0.0413. The van der Waals surface area contributed by atoms with Gasteiger partial charge in [-0.1, -0.05) is 6.92 Å². The van der Waals surface area contributed by atoms with Gasteiger partial charge in [-0.05, 0) is 37.8 Å². The minimum absolute atomic E-state index is 0.0413. The average molecular weight is 359 g/mol. The summed E-state index contributed by atoms with van der Waals surface area (Å²) in [6.45, 7) is 3.11. The molecule has 9 heteroatoms. The van der Waals surface area contributed by atoms with Gasteiger partial charge in [0.15, 0.2) is 18.2 Å². The van der Waals surface area contributed by atoms with Crippen LogP contribution in [0.2, 0.25) is 0 Å². The number of nitrogens with two attached hydrogens (primary N) is 1. The zero-order valence-corrected chi connectivity index (χ0v) is 13.7. The van der Waals surface area contributed by atoms with Crippen LogP contribution in [-0.2, 0) is 11.0 Å². The van der Waals surface area contributed by atoms with Crippen molar-refractivity contribution in [1.29, 1.82) is 0 Å². The summed E-state index contributed by atoms with van der Waals surface area (Å²) < 4.78 is 78.9. The fourth-order valence-corrected chi connectivity index (χ4v) is 2.54. The lowest BCUT2D eigenvalue weighted by atomic mass is 9.91. The molecule has 0 spiro atoms. The minimum atomic E-state index is -4.65. The van der Waals surface area contributed by atoms with Gasteiger partial charge in [-0.3, -0.25) is 5.14 Å². The highest BCUT2D eigenvalue weighted by molar-refractivity contribution is 7.84. The Kier molecular flexibility index (Phi) is 6.14. The third-order valence-corrected chi connectivity index (χ3v) is 4.57. The number of rotatable bonds is 6. The van der Waals surface area contributed by atoms with Crippen LogP contribution in [-0.4, -0.2) is 21.7 Å². The number of hydrogen-bond donors (Lipinski definition) is 1. The van der Waals surface area contributed by atoms with Gasteiger partial charge < -0.3 is 4.74 Å². The molecule has 1 rings (SSSR count). The van der Waals surface area contributed by atoms with Crippen molar-refractivity contribution in [3.63, 3.8) is 0 Å². The maximum Gasteiger partial charge on any atom is 0.422 e. The first kappa shape index (κ1) is 19.8. The highest BCUT2D eigenvalue weighted by Gasteiger charge is 2.30. The van der Waals surface area contributed by atoms with Crippen molar-refractivity contribution in [2.45, 2.75) is 44.0 Å². The van der Waals surface area contributed by atoms with Gasteiger partial charge in [-0.2, -0.15) is 13.2 Å². The lowest BCUT2D eigenvalue weighted by Crippen LogP contribution is -2.33. The van der Waals surface area contributed by atoms with Gasteiger partial charge in [0.1, 0.15) is 5.82 Å². The predicted octanol–water partition coefficient (Wildman–Crippen LogP) is 3.80. The van der Waals surface area contributed by atoms with Crippen LogP contribution >= 0.6 is 0 Å². The molecule has 0 aliphatic rings. The summed E-state index contributed by atoms with van der Waals surface area (Å²) in [7, 11) is -1.67. The van der Waals surface area contributed by atoms with Crippen molar-refractivity contribution in [2.75, 3.05) is 6.61 Å². The SMILES string of the molecule is C[C@@H](CC(C)(C)S(N)=O)c1cc(F)c(OCC(F)(F)F)cc1F. The Morgan fingerprint density at radius 1 is 1.22 bits per heavy atom. The quantitative estimate of drug-likeness (QED) is 0.786. The number of hydrogen-bond acceptors (Lipinski definition) is 2. The fourth-order valence-electron chi connectivity index (χ4n) is 2.12. The summed E-state index contributed by atoms with van der Waals surface area (Å²) in [4.78, 5) is 0. The Bertz CT molecular complexity index is 589. The molecule has 2 N–H and O–H groups in total. The second-order valence-corrected chi connectivity index (χ2v) is 7.57. The normalized spacial score (nSPS) is 15.3. The molecule has 3 nitrogen and oxygen atoms in total. The van der Waals surface area contributed by atoms with E-state index in [9.17, 15) is 26.2 Å². The van der Waals surface area contributed by atoms with Gasteiger partial charge in [0.2, 0.25) is 0 Å². The highest BCUT2D eigenvalue weighted by Crippen LogP contribution is 2.33. The van der Waals surface area contributed by atoms with E-state index in [-0.39, 0.29) is 12.0 Å². The Morgan fingerprint density at radius 2 is 1.78 bits per heavy atom. The standard InChI is InChI=1S/C14H18F5NO2S/c1-8(6-13(2,3)23(20)21)9-4-11(16)12(5-10(9)15)22-7-14(17,18)19/h4-5,8H,6-7,20H2,1-3H3/t8-,23?/m0/s1. The van der Waals surface area contributed by atoms with E-state index in [2.05, 4.69) is 4.74 Å². The third-order valence-electron chi connectivity index (χ3n) is 3.32. The van der Waals surface area contributed by atoms with Gasteiger partial charge in [0.05, 0.1) is 15.7 Å². The van der Waals surface area contributed by atoms with Crippen LogP contribution in [0.3, 0.4) is 0 Å². The van der Waals surface area contributed by atoms with Crippen molar-refractivity contribution in [3.05, 3.63) is 29.3 Å². The second-order valence-electron chi connectivity index (χ2n) is 5.87. The first-order valence-corrected chi connectivity index (χ1v) is 7.89. The largest absolute Gasteiger partial charge is 0.481 e. The molecule has 2 atom stereocenters. The summed E-state index contributed by atoms with van der Waals surface area (Å²) >= 11 is 0. The molecule has 0 bridgehead atoms. The number of benzene rings is 1. The van der Waals surface area contributed by atoms with Gasteiger partial charge >= 0.3 is 6.18 Å². The molecule has 0 aliphatic carbocycles. The van der Waals surface area contributed by atoms with E-state index in [0.29, 0.717) is 6.07 Å². The molecule has 0 saturated carbocycles. The van der Waals surface area contributed by atoms with Crippen LogP contribution in [0.15, 0.2) is 12.1 Å². The van der Waals surface area contributed by atoms with Crippen LogP contribution in [0.1, 0.15) is 38.7 Å². The topological polar surface area (TPSA) is 52.3 Å². The van der Waals surface area contributed by atoms with Crippen LogP contribution in [0.4, 0.5) is 22.0 Å². The van der Waals surface area contributed by atoms with Gasteiger partial charge in [-0.15, -0.1) is 0 Å². The Morgan fingerprint density at radius 3 is 2.26 bits per heavy atom. The highest BCUT2D eigenvalue weighted by atomic mass is 32.2. The summed E-state index contributed by atoms with van der Waals surface area (Å²) in [6, 6.07) is 1.38. The Balaban J connectivity index is 2.98. The first-order valence-electron chi connectivity index (χ1n) is 6.68. The lowest BCUT2D eigenvalue weighted by Gasteiger charge is -2.25. The molecule has 0 aliphatic heterocycles. The molecule has 0 amide bonds. The van der Waals surface area contributed by atoms with Crippen LogP contribution < -0.4 is 9.88 Å². The predicted molar refractivity (Wildman–Crippen MR) is 77.3 cm³/mol. The molecule has 0 radical (unpaired) electrons. The second kappa shape index (κ2) is 7.12. The number of halogens is 5. The first-order chi connectivity index (χ1) is 10.3. The van der Waals surface area contributed by atoms with E-state index in [0.717, 1.165) is 6.07 Å². The van der Waals surface area contributed by atoms with Crippen LogP contribution in [0, 0.1) is 11.6 Å². The van der Waals surface area contributed by atoms with E-state index >= 15 is 0 Å². The van der Waals surface area contributed by atoms with Crippen molar-refractivity contribution >= 4 is 11.0 Å². The molecule has 0 fully saturated rings. The van der Waals surface area contributed by atoms with Gasteiger partial charge in [0, 0.05) is 6.07 Å². The van der Waals surface area contributed by atoms with Crippen LogP contribution in [0.25, 0.3) is 0 Å². The van der Waals surface area contributed by atoms with E-state index < -0.39 is 51.8 Å². The van der Waals surface area contributed by atoms with Gasteiger partial charge in [-0.25, -0.2) is 13.0 Å². The molecule has 0 heterocycles. The molecule has 1 aromatic rings. The number of ether oxygens (including phenoxy) is 1. The summed E-state index contributed by atoms with van der Waals surface area (Å²) in [5.74, 6) is -3.33. The van der Waals surface area contributed by atoms with Crippen molar-refractivity contribution < 1.29 is 30.9 Å². The minimum Gasteiger partial charge on any atom is -0.481 e. The molecule has 1 unspecified atom stereocenters. The average Bonchev–Trinajstić information content (AvgIpc) is 2.37. The van der Waals surface area contributed by atoms with Crippen molar-refractivity contribution in [2.24, 2.45) is 5.14 Å². The molecule has 132 valence electrons. The summed E-state index contributed by atoms with van der Waals surface area (Å²) in [6.07, 6.45) is -4.45. The monoisotopic (exact) mass is 359 g/mol. The number of alkyl halides is 3. The fraction of sp³-hybridized carbons (Fsp3) is 0.571. The molecular formula is C14H18F5NO2S. The van der Waals surface area contributed by atoms with E-state index in [1.807, 2.05) is 0 Å². The molecule has 0 saturated heterocycles. The molecular weight excluding hydrogens is 341 g/mol. The smallest absolute Gasteiger partial charge is 0.422 e.